The van der Waals surface area contributed by atoms with Gasteiger partial charge in [-0.1, -0.05) is 135 Å². The van der Waals surface area contributed by atoms with Crippen molar-refractivity contribution in [1.29, 1.82) is 0 Å². The smallest absolute Gasteiger partial charge is 0.245 e. The van der Waals surface area contributed by atoms with E-state index in [0.717, 1.165) is 39.1 Å². The molecule has 0 aliphatic heterocycles. The minimum absolute atomic E-state index is 0.0203. The van der Waals surface area contributed by atoms with Crippen molar-refractivity contribution in [2.45, 2.75) is 148 Å². The molecule has 8 amide bonds. The van der Waals surface area contributed by atoms with Gasteiger partial charge in [0.2, 0.25) is 47.3 Å². The molecule has 21 nitrogen and oxygen atoms in total. The van der Waals surface area contributed by atoms with Gasteiger partial charge in [-0.15, -0.1) is 0 Å². The Labute approximate surface area is 513 Å². The Kier molecular flexibility index (Phi) is 30.3. The van der Waals surface area contributed by atoms with Crippen molar-refractivity contribution < 1.29 is 38.4 Å². The van der Waals surface area contributed by atoms with Gasteiger partial charge in [-0.05, 0) is 148 Å². The molecule has 0 unspecified atom stereocenters. The zero-order valence-electron chi connectivity index (χ0n) is 51.1. The molecular weight excluding hydrogens is 1100 g/mol. The van der Waals surface area contributed by atoms with Crippen molar-refractivity contribution in [2.24, 2.45) is 34.4 Å². The Bertz CT molecular complexity index is 3010. The molecule has 21 heteroatoms. The van der Waals surface area contributed by atoms with E-state index in [9.17, 15) is 24.0 Å². The molecule has 0 bridgehead atoms. The summed E-state index contributed by atoms with van der Waals surface area (Å²) in [6, 6.07) is 29.8. The van der Waals surface area contributed by atoms with E-state index in [1.54, 1.807) is 0 Å². The third-order valence-electron chi connectivity index (χ3n) is 15.5. The predicted octanol–water partition coefficient (Wildman–Crippen LogP) is 4.10. The Morgan fingerprint density at radius 1 is 0.437 bits per heavy atom. The summed E-state index contributed by atoms with van der Waals surface area (Å²) in [6.07, 6.45) is 6.42. The van der Waals surface area contributed by atoms with Crippen LogP contribution in [0.1, 0.15) is 119 Å². The lowest BCUT2D eigenvalue weighted by molar-refractivity contribution is -0.148. The second-order valence-corrected chi connectivity index (χ2v) is 22.5. The van der Waals surface area contributed by atoms with Crippen LogP contribution >= 0.6 is 0 Å². The van der Waals surface area contributed by atoms with Crippen LogP contribution in [0.2, 0.25) is 0 Å². The van der Waals surface area contributed by atoms with Crippen molar-refractivity contribution in [2.75, 3.05) is 58.9 Å². The number of carbonyl (C=O) groups excluding carboxylic acids is 8. The average molecular weight is 1200 g/mol. The molecule has 5 aromatic rings. The summed E-state index contributed by atoms with van der Waals surface area (Å²) in [6.45, 7) is 3.56. The molecule has 87 heavy (non-hydrogen) atoms. The summed E-state index contributed by atoms with van der Waals surface area (Å²) in [5.41, 5.74) is 38.4. The number of primary amides is 1. The summed E-state index contributed by atoms with van der Waals surface area (Å²) < 4.78 is 0. The standard InChI is InChI=1S/C66H95N13O8/c1-3-4-39-76(43-59(72)80)60(81)44-78(41-51-23-17-21-49-19-5-7-25-53(49)51)61(82)45-77(40-48-33-31-47(2)32-34-48)62(83)46-79(42-52-24-18-22-50-20-6-8-26-54(50)52)66(87)58(30-12-16-38-70)75-65(86)57(29-11-15-37-69)74-64(85)56(28-10-14-36-68)73-63(84)55(71)27-9-13-35-67/h5-8,17-26,31-34,55-58H,3-4,9-16,27-30,35-46,67-71H2,1-2H3,(H2,72,80)(H,73,84)(H,74,85)(H,75,86)/t55-,56-,57-,58-/m0/s1. The highest BCUT2D eigenvalue weighted by Gasteiger charge is 2.34. The van der Waals surface area contributed by atoms with E-state index in [2.05, 4.69) is 16.0 Å². The first kappa shape index (κ1) is 69.9. The molecule has 0 saturated carbocycles. The van der Waals surface area contributed by atoms with Crippen molar-refractivity contribution in [3.05, 3.63) is 131 Å². The van der Waals surface area contributed by atoms with Gasteiger partial charge in [0, 0.05) is 26.2 Å². The quantitative estimate of drug-likeness (QED) is 0.0250. The van der Waals surface area contributed by atoms with Gasteiger partial charge < -0.3 is 70.0 Å². The molecule has 0 saturated heterocycles. The molecule has 4 atom stereocenters. The van der Waals surface area contributed by atoms with Gasteiger partial charge in [0.05, 0.1) is 12.6 Å². The number of rotatable bonds is 40. The highest BCUT2D eigenvalue weighted by molar-refractivity contribution is 5.97. The van der Waals surface area contributed by atoms with Crippen LogP contribution < -0.4 is 50.4 Å². The van der Waals surface area contributed by atoms with Crippen LogP contribution in [0.4, 0.5) is 0 Å². The maximum Gasteiger partial charge on any atom is 0.245 e. The highest BCUT2D eigenvalue weighted by atomic mass is 16.2. The number of hydrogen-bond acceptors (Lipinski definition) is 13. The zero-order valence-corrected chi connectivity index (χ0v) is 51.1. The number of fused-ring (bicyclic) bond motifs is 2. The number of nitrogens with zero attached hydrogens (tertiary/aromatic N) is 4. The first-order chi connectivity index (χ1) is 42.0. The fraction of sp³-hybridized carbons (Fsp3) is 0.485. The fourth-order valence-corrected chi connectivity index (χ4v) is 10.4. The van der Waals surface area contributed by atoms with E-state index in [4.69, 9.17) is 34.4 Å². The van der Waals surface area contributed by atoms with E-state index in [1.807, 2.05) is 123 Å². The van der Waals surface area contributed by atoms with Crippen molar-refractivity contribution in [3.63, 3.8) is 0 Å². The minimum Gasteiger partial charge on any atom is -0.368 e. The number of carbonyl (C=O) groups is 8. The van der Waals surface area contributed by atoms with Crippen molar-refractivity contribution >= 4 is 68.8 Å². The maximum atomic E-state index is 15.7. The van der Waals surface area contributed by atoms with E-state index in [0.29, 0.717) is 102 Å². The normalized spacial score (nSPS) is 12.6. The summed E-state index contributed by atoms with van der Waals surface area (Å²) >= 11 is 0. The maximum absolute atomic E-state index is 15.7. The molecule has 0 fully saturated rings. The fourth-order valence-electron chi connectivity index (χ4n) is 10.4. The lowest BCUT2D eigenvalue weighted by Gasteiger charge is -2.33. The first-order valence-electron chi connectivity index (χ1n) is 30.9. The van der Waals surface area contributed by atoms with Gasteiger partial charge in [-0.25, -0.2) is 0 Å². The van der Waals surface area contributed by atoms with Gasteiger partial charge >= 0.3 is 0 Å². The van der Waals surface area contributed by atoms with Gasteiger partial charge in [0.1, 0.15) is 37.8 Å². The number of benzene rings is 5. The van der Waals surface area contributed by atoms with Crippen LogP contribution in [-0.2, 0) is 58.0 Å². The molecule has 0 aliphatic rings. The van der Waals surface area contributed by atoms with Crippen LogP contribution in [0.25, 0.3) is 21.5 Å². The van der Waals surface area contributed by atoms with Crippen LogP contribution in [-0.4, -0.2) is 150 Å². The topological polar surface area (TPSA) is 342 Å². The third kappa shape index (κ3) is 23.1. The van der Waals surface area contributed by atoms with Crippen LogP contribution in [0, 0.1) is 6.92 Å². The second-order valence-electron chi connectivity index (χ2n) is 22.5. The number of aryl methyl sites for hydroxylation is 1. The second kappa shape index (κ2) is 37.7. The number of nitrogens with two attached hydrogens (primary N) is 6. The molecule has 0 radical (unpaired) electrons. The van der Waals surface area contributed by atoms with Crippen molar-refractivity contribution in [1.82, 2.24) is 35.6 Å². The minimum atomic E-state index is -1.24. The zero-order chi connectivity index (χ0) is 63.1. The molecule has 0 spiro atoms. The molecular formula is C66H95N13O8. The van der Waals surface area contributed by atoms with Gasteiger partial charge in [-0.3, -0.25) is 38.4 Å². The Morgan fingerprint density at radius 2 is 0.851 bits per heavy atom. The molecule has 15 N–H and O–H groups in total. The first-order valence-corrected chi connectivity index (χ1v) is 30.9. The predicted molar refractivity (Wildman–Crippen MR) is 341 cm³/mol. The molecule has 5 aromatic carbocycles. The van der Waals surface area contributed by atoms with Gasteiger partial charge in [-0.2, -0.15) is 0 Å². The summed E-state index contributed by atoms with van der Waals surface area (Å²) in [7, 11) is 0. The summed E-state index contributed by atoms with van der Waals surface area (Å²) in [5, 5.41) is 12.1. The highest BCUT2D eigenvalue weighted by Crippen LogP contribution is 2.24. The number of nitrogens with one attached hydrogen (secondary N) is 3. The lowest BCUT2D eigenvalue weighted by atomic mass is 10.0. The molecule has 0 aromatic heterocycles. The van der Waals surface area contributed by atoms with Crippen molar-refractivity contribution in [3.8, 4) is 0 Å². The SMILES string of the molecule is CCCCN(CC(N)=O)C(=O)CN(Cc1cccc2ccccc12)C(=O)CN(Cc1ccc(C)cc1)C(=O)CN(Cc1cccc2ccccc12)C(=O)[C@H](CCCCN)NC(=O)[C@H](CCCCN)NC(=O)[C@H](CCCCN)NC(=O)[C@@H](N)CCCCN. The third-order valence-corrected chi connectivity index (χ3v) is 15.5. The average Bonchev–Trinajstić information content (AvgIpc) is 3.54. The lowest BCUT2D eigenvalue weighted by Crippen LogP contribution is -2.58. The molecule has 0 heterocycles. The van der Waals surface area contributed by atoms with Gasteiger partial charge in [0.25, 0.3) is 0 Å². The van der Waals surface area contributed by atoms with Crippen LogP contribution in [0.5, 0.6) is 0 Å². The Hall–Kier alpha value is -7.82. The van der Waals surface area contributed by atoms with E-state index in [1.165, 1.54) is 19.6 Å². The molecule has 5 rings (SSSR count). The number of hydrogen-bond donors (Lipinski definition) is 9. The summed E-state index contributed by atoms with van der Waals surface area (Å²) in [5.74, 6) is -4.76. The number of amides is 8. The number of unbranched alkanes of at least 4 members (excludes halogenated alkanes) is 5. The monoisotopic (exact) mass is 1200 g/mol. The Balaban J connectivity index is 1.55. The summed E-state index contributed by atoms with van der Waals surface area (Å²) in [4.78, 5) is 121. The van der Waals surface area contributed by atoms with E-state index in [-0.39, 0.29) is 52.0 Å². The van der Waals surface area contributed by atoms with Crippen LogP contribution in [0.3, 0.4) is 0 Å². The van der Waals surface area contributed by atoms with E-state index >= 15 is 14.4 Å². The molecule has 0 aliphatic carbocycles. The van der Waals surface area contributed by atoms with Gasteiger partial charge in [0.15, 0.2) is 0 Å². The largest absolute Gasteiger partial charge is 0.368 e. The molecule has 472 valence electrons. The van der Waals surface area contributed by atoms with E-state index < -0.39 is 91.1 Å². The Morgan fingerprint density at radius 3 is 1.34 bits per heavy atom. The van der Waals surface area contributed by atoms with Crippen LogP contribution in [0.15, 0.2) is 109 Å².